The van der Waals surface area contributed by atoms with Crippen LogP contribution < -0.4 is 0 Å². The van der Waals surface area contributed by atoms with Crippen molar-refractivity contribution in [3.8, 4) is 0 Å². The Balaban J connectivity index is 2.90. The van der Waals surface area contributed by atoms with Gasteiger partial charge in [0, 0.05) is 6.04 Å². The lowest BCUT2D eigenvalue weighted by atomic mass is 9.96. The van der Waals surface area contributed by atoms with E-state index in [1.165, 1.54) is 56.7 Å². The number of rotatable bonds is 7. The molecule has 0 amide bonds. The normalized spacial score (nSPS) is 18.4. The van der Waals surface area contributed by atoms with E-state index in [4.69, 9.17) is 0 Å². The van der Waals surface area contributed by atoms with Crippen LogP contribution in [-0.2, 0) is 0 Å². The third kappa shape index (κ3) is 3.63. The van der Waals surface area contributed by atoms with Crippen molar-refractivity contribution in [2.45, 2.75) is 90.4 Å². The van der Waals surface area contributed by atoms with Crippen LogP contribution >= 0.6 is 0 Å². The van der Waals surface area contributed by atoms with Crippen LogP contribution in [0.1, 0.15) is 66.2 Å². The number of allylic oxidation sites excluding steroid dienone is 1. The molecule has 18 heavy (non-hydrogen) atoms. The van der Waals surface area contributed by atoms with E-state index < -0.39 is 8.24 Å². The van der Waals surface area contributed by atoms with Crippen molar-refractivity contribution in [2.24, 2.45) is 0 Å². The first kappa shape index (κ1) is 15.8. The molecule has 106 valence electrons. The molecule has 0 unspecified atom stereocenters. The molecule has 0 aromatic rings. The van der Waals surface area contributed by atoms with Crippen LogP contribution in [0.15, 0.2) is 12.3 Å². The van der Waals surface area contributed by atoms with E-state index in [-0.39, 0.29) is 0 Å². The van der Waals surface area contributed by atoms with Gasteiger partial charge in [-0.15, -0.1) is 0 Å². The maximum absolute atomic E-state index is 2.88. The smallest absolute Gasteiger partial charge is 0.155 e. The predicted octanol–water partition coefficient (Wildman–Crippen LogP) is 5.55. The zero-order valence-electron chi connectivity index (χ0n) is 13.0. The Hall–Kier alpha value is -0.243. The summed E-state index contributed by atoms with van der Waals surface area (Å²) >= 11 is 0. The highest BCUT2D eigenvalue weighted by Gasteiger charge is 2.37. The largest absolute Gasteiger partial charge is 0.400 e. The Morgan fingerprint density at radius 3 is 1.94 bits per heavy atom. The van der Waals surface area contributed by atoms with Crippen LogP contribution in [0.25, 0.3) is 0 Å². The molecule has 0 saturated heterocycles. The molecule has 0 spiro atoms. The Bertz CT molecular complexity index is 231. The van der Waals surface area contributed by atoms with E-state index >= 15 is 0 Å². The Morgan fingerprint density at radius 1 is 0.944 bits per heavy atom. The molecule has 1 fully saturated rings. The van der Waals surface area contributed by atoms with E-state index in [0.29, 0.717) is 0 Å². The van der Waals surface area contributed by atoms with Gasteiger partial charge in [-0.05, 0) is 43.6 Å². The number of hydrogen-bond acceptors (Lipinski definition) is 1. The molecule has 0 aromatic carbocycles. The van der Waals surface area contributed by atoms with Crippen LogP contribution in [0.4, 0.5) is 0 Å². The first-order chi connectivity index (χ1) is 8.74. The minimum absolute atomic E-state index is 0.855. The van der Waals surface area contributed by atoms with Crippen molar-refractivity contribution in [1.82, 2.24) is 4.57 Å². The van der Waals surface area contributed by atoms with Crippen molar-refractivity contribution < 1.29 is 0 Å². The first-order valence-corrected chi connectivity index (χ1v) is 10.8. The summed E-state index contributed by atoms with van der Waals surface area (Å²) < 4.78 is 2.88. The standard InChI is InChI=1S/C16H33NSi/c1-5-9-15-17(16-13-11-10-12-14-16)18(6-2,7-3)8-4/h9,15-16H,5-8,10-14H2,1-4H3/b15-9+. The highest BCUT2D eigenvalue weighted by Crippen LogP contribution is 2.33. The molecule has 0 aliphatic heterocycles. The van der Waals surface area contributed by atoms with E-state index in [1.807, 2.05) is 0 Å². The zero-order valence-corrected chi connectivity index (χ0v) is 14.0. The molecule has 0 atom stereocenters. The SMILES string of the molecule is CC/C=C/N(C1CCCCC1)[Si](CC)(CC)CC. The fourth-order valence-corrected chi connectivity index (χ4v) is 7.59. The van der Waals surface area contributed by atoms with E-state index in [1.54, 1.807) is 0 Å². The maximum atomic E-state index is 2.88. The summed E-state index contributed by atoms with van der Waals surface area (Å²) in [7, 11) is -1.22. The van der Waals surface area contributed by atoms with Crippen LogP contribution in [-0.4, -0.2) is 18.8 Å². The van der Waals surface area contributed by atoms with Gasteiger partial charge in [-0.1, -0.05) is 53.0 Å². The molecule has 1 rings (SSSR count). The van der Waals surface area contributed by atoms with Gasteiger partial charge in [-0.3, -0.25) is 0 Å². The van der Waals surface area contributed by atoms with Crippen LogP contribution in [0, 0.1) is 0 Å². The average Bonchev–Trinajstić information content (AvgIpc) is 2.45. The molecule has 0 N–H and O–H groups in total. The van der Waals surface area contributed by atoms with E-state index in [9.17, 15) is 0 Å². The van der Waals surface area contributed by atoms with Gasteiger partial charge >= 0.3 is 0 Å². The van der Waals surface area contributed by atoms with Crippen molar-refractivity contribution in [2.75, 3.05) is 0 Å². The Morgan fingerprint density at radius 2 is 1.50 bits per heavy atom. The Labute approximate surface area is 116 Å². The summed E-state index contributed by atoms with van der Waals surface area (Å²) in [4.78, 5) is 0. The third-order valence-electron chi connectivity index (χ3n) is 4.99. The molecule has 2 heteroatoms. The predicted molar refractivity (Wildman–Crippen MR) is 85.3 cm³/mol. The van der Waals surface area contributed by atoms with Gasteiger partial charge in [0.1, 0.15) is 0 Å². The highest BCUT2D eigenvalue weighted by atomic mass is 28.3. The van der Waals surface area contributed by atoms with Gasteiger partial charge < -0.3 is 4.57 Å². The number of hydrogen-bond donors (Lipinski definition) is 0. The molecule has 1 aliphatic rings. The number of nitrogens with zero attached hydrogens (tertiary/aromatic N) is 1. The first-order valence-electron chi connectivity index (χ1n) is 8.19. The highest BCUT2D eigenvalue weighted by molar-refractivity contribution is 6.77. The lowest BCUT2D eigenvalue weighted by Crippen LogP contribution is -2.54. The second-order valence-electron chi connectivity index (χ2n) is 5.78. The van der Waals surface area contributed by atoms with Crippen molar-refractivity contribution >= 4 is 8.24 Å². The molecule has 0 radical (unpaired) electrons. The molecular formula is C16H33NSi. The minimum atomic E-state index is -1.22. The van der Waals surface area contributed by atoms with Gasteiger partial charge in [0.25, 0.3) is 0 Å². The lowest BCUT2D eigenvalue weighted by molar-refractivity contribution is 0.297. The van der Waals surface area contributed by atoms with Crippen molar-refractivity contribution in [3.05, 3.63) is 12.3 Å². The summed E-state index contributed by atoms with van der Waals surface area (Å²) in [5, 5.41) is 0. The molecule has 0 bridgehead atoms. The summed E-state index contributed by atoms with van der Waals surface area (Å²) in [6, 6.07) is 5.08. The van der Waals surface area contributed by atoms with Gasteiger partial charge in [-0.2, -0.15) is 0 Å². The summed E-state index contributed by atoms with van der Waals surface area (Å²) in [5.74, 6) is 0. The van der Waals surface area contributed by atoms with E-state index in [2.05, 4.69) is 44.5 Å². The molecule has 0 heterocycles. The minimum Gasteiger partial charge on any atom is -0.400 e. The quantitative estimate of drug-likeness (QED) is 0.547. The fourth-order valence-electron chi connectivity index (χ4n) is 3.54. The van der Waals surface area contributed by atoms with Crippen LogP contribution in [0.2, 0.25) is 18.1 Å². The Kier molecular flexibility index (Phi) is 7.06. The maximum Gasteiger partial charge on any atom is 0.155 e. The average molecular weight is 268 g/mol. The summed E-state index contributed by atoms with van der Waals surface area (Å²) in [6.45, 7) is 9.53. The van der Waals surface area contributed by atoms with Gasteiger partial charge in [-0.25, -0.2) is 0 Å². The van der Waals surface area contributed by atoms with Crippen LogP contribution in [0.5, 0.6) is 0 Å². The third-order valence-corrected chi connectivity index (χ3v) is 10.6. The van der Waals surface area contributed by atoms with Gasteiger partial charge in [0.15, 0.2) is 8.24 Å². The fraction of sp³-hybridized carbons (Fsp3) is 0.875. The lowest BCUT2D eigenvalue weighted by Gasteiger charge is -2.47. The molecule has 1 nitrogen and oxygen atoms in total. The van der Waals surface area contributed by atoms with Crippen molar-refractivity contribution in [3.63, 3.8) is 0 Å². The zero-order chi connectivity index (χ0) is 13.4. The summed E-state index contributed by atoms with van der Waals surface area (Å²) in [6.07, 6.45) is 13.3. The monoisotopic (exact) mass is 267 g/mol. The molecule has 1 aliphatic carbocycles. The van der Waals surface area contributed by atoms with E-state index in [0.717, 1.165) is 6.04 Å². The van der Waals surface area contributed by atoms with Gasteiger partial charge in [0.2, 0.25) is 0 Å². The summed E-state index contributed by atoms with van der Waals surface area (Å²) in [5.41, 5.74) is 0. The van der Waals surface area contributed by atoms with Crippen molar-refractivity contribution in [1.29, 1.82) is 0 Å². The second kappa shape index (κ2) is 8.03. The molecule has 1 saturated carbocycles. The molecular weight excluding hydrogens is 234 g/mol. The second-order valence-corrected chi connectivity index (χ2v) is 10.9. The van der Waals surface area contributed by atoms with Gasteiger partial charge in [0.05, 0.1) is 0 Å². The molecule has 0 aromatic heterocycles. The topological polar surface area (TPSA) is 3.24 Å². The van der Waals surface area contributed by atoms with Crippen LogP contribution in [0.3, 0.4) is 0 Å².